The highest BCUT2D eigenvalue weighted by molar-refractivity contribution is 5.89. The van der Waals surface area contributed by atoms with Crippen molar-refractivity contribution in [3.8, 4) is 0 Å². The molecular formula is C12H15F3N2O. The monoisotopic (exact) mass is 260 g/mol. The summed E-state index contributed by atoms with van der Waals surface area (Å²) in [5.74, 6) is 0. The number of anilines is 1. The summed E-state index contributed by atoms with van der Waals surface area (Å²) in [4.78, 5) is 11.4. The summed E-state index contributed by atoms with van der Waals surface area (Å²) in [6.45, 7) is 3.76. The molecule has 0 aliphatic carbocycles. The number of nitrogens with one attached hydrogen (secondary N) is 2. The SMILES string of the molecule is CC[C@H](C)NC(=O)Nc1ccc(C(F)(F)F)cc1. The average molecular weight is 260 g/mol. The second-order valence-electron chi connectivity index (χ2n) is 3.98. The maximum atomic E-state index is 12.3. The van der Waals surface area contributed by atoms with Crippen LogP contribution in [-0.4, -0.2) is 12.1 Å². The van der Waals surface area contributed by atoms with Crippen molar-refractivity contribution in [3.05, 3.63) is 29.8 Å². The predicted molar refractivity (Wildman–Crippen MR) is 63.4 cm³/mol. The van der Waals surface area contributed by atoms with Crippen LogP contribution < -0.4 is 10.6 Å². The molecule has 0 radical (unpaired) electrons. The highest BCUT2D eigenvalue weighted by Crippen LogP contribution is 2.29. The molecule has 0 fully saturated rings. The van der Waals surface area contributed by atoms with Crippen molar-refractivity contribution in [1.29, 1.82) is 0 Å². The summed E-state index contributed by atoms with van der Waals surface area (Å²) in [7, 11) is 0. The highest BCUT2D eigenvalue weighted by Gasteiger charge is 2.29. The maximum Gasteiger partial charge on any atom is 0.416 e. The minimum atomic E-state index is -4.36. The molecule has 1 aromatic rings. The molecule has 100 valence electrons. The Balaban J connectivity index is 2.61. The highest BCUT2D eigenvalue weighted by atomic mass is 19.4. The fourth-order valence-electron chi connectivity index (χ4n) is 1.24. The summed E-state index contributed by atoms with van der Waals surface area (Å²) >= 11 is 0. The molecular weight excluding hydrogens is 245 g/mol. The van der Waals surface area contributed by atoms with Gasteiger partial charge in [-0.3, -0.25) is 0 Å². The second kappa shape index (κ2) is 5.75. The van der Waals surface area contributed by atoms with E-state index in [1.807, 2.05) is 13.8 Å². The van der Waals surface area contributed by atoms with Gasteiger partial charge in [-0.05, 0) is 37.6 Å². The van der Waals surface area contributed by atoms with E-state index in [2.05, 4.69) is 10.6 Å². The standard InChI is InChI=1S/C12H15F3N2O/c1-3-8(2)16-11(18)17-10-6-4-9(5-7-10)12(13,14)15/h4-8H,3H2,1-2H3,(H2,16,17,18)/t8-/m0/s1. The number of carbonyl (C=O) groups is 1. The first-order valence-corrected chi connectivity index (χ1v) is 5.57. The first kappa shape index (κ1) is 14.3. The Kier molecular flexibility index (Phi) is 4.58. The second-order valence-corrected chi connectivity index (χ2v) is 3.98. The fourth-order valence-corrected chi connectivity index (χ4v) is 1.24. The van der Waals surface area contributed by atoms with Crippen molar-refractivity contribution in [3.63, 3.8) is 0 Å². The molecule has 2 N–H and O–H groups in total. The van der Waals surface area contributed by atoms with Crippen LogP contribution in [-0.2, 0) is 6.18 Å². The lowest BCUT2D eigenvalue weighted by Crippen LogP contribution is -2.35. The van der Waals surface area contributed by atoms with Crippen LogP contribution in [0.2, 0.25) is 0 Å². The van der Waals surface area contributed by atoms with Crippen LogP contribution in [0.5, 0.6) is 0 Å². The molecule has 0 aliphatic rings. The van der Waals surface area contributed by atoms with Crippen LogP contribution in [0.1, 0.15) is 25.8 Å². The quantitative estimate of drug-likeness (QED) is 0.856. The van der Waals surface area contributed by atoms with E-state index < -0.39 is 17.8 Å². The zero-order valence-electron chi connectivity index (χ0n) is 10.1. The van der Waals surface area contributed by atoms with Gasteiger partial charge in [0.15, 0.2) is 0 Å². The van der Waals surface area contributed by atoms with Gasteiger partial charge >= 0.3 is 12.2 Å². The molecule has 0 spiro atoms. The van der Waals surface area contributed by atoms with Gasteiger partial charge in [0.05, 0.1) is 5.56 Å². The van der Waals surface area contributed by atoms with E-state index in [0.29, 0.717) is 5.69 Å². The van der Waals surface area contributed by atoms with E-state index in [-0.39, 0.29) is 6.04 Å². The van der Waals surface area contributed by atoms with Crippen molar-refractivity contribution in [1.82, 2.24) is 5.32 Å². The molecule has 0 bridgehead atoms. The summed E-state index contributed by atoms with van der Waals surface area (Å²) in [5.41, 5.74) is -0.417. The van der Waals surface area contributed by atoms with Gasteiger partial charge in [0.1, 0.15) is 0 Å². The Morgan fingerprint density at radius 3 is 2.28 bits per heavy atom. The third-order valence-electron chi connectivity index (χ3n) is 2.46. The number of carbonyl (C=O) groups excluding carboxylic acids is 1. The van der Waals surface area contributed by atoms with Crippen LogP contribution in [0.3, 0.4) is 0 Å². The Labute approximate surface area is 103 Å². The smallest absolute Gasteiger partial charge is 0.335 e. The van der Waals surface area contributed by atoms with Crippen LogP contribution in [0, 0.1) is 0 Å². The molecule has 1 aromatic carbocycles. The number of alkyl halides is 3. The van der Waals surface area contributed by atoms with Gasteiger partial charge in [0.2, 0.25) is 0 Å². The van der Waals surface area contributed by atoms with Crippen LogP contribution >= 0.6 is 0 Å². The minimum absolute atomic E-state index is 0.0134. The van der Waals surface area contributed by atoms with Gasteiger partial charge in [-0.1, -0.05) is 6.92 Å². The summed E-state index contributed by atoms with van der Waals surface area (Å²) in [6.07, 6.45) is -3.59. The van der Waals surface area contributed by atoms with E-state index >= 15 is 0 Å². The predicted octanol–water partition coefficient (Wildman–Crippen LogP) is 3.63. The molecule has 1 atom stereocenters. The molecule has 6 heteroatoms. The molecule has 3 nitrogen and oxygen atoms in total. The van der Waals surface area contributed by atoms with Gasteiger partial charge in [-0.15, -0.1) is 0 Å². The zero-order valence-corrected chi connectivity index (χ0v) is 10.1. The van der Waals surface area contributed by atoms with Crippen LogP contribution in [0.15, 0.2) is 24.3 Å². The molecule has 18 heavy (non-hydrogen) atoms. The van der Waals surface area contributed by atoms with Crippen molar-refractivity contribution in [2.24, 2.45) is 0 Å². The van der Waals surface area contributed by atoms with Crippen LogP contribution in [0.25, 0.3) is 0 Å². The van der Waals surface area contributed by atoms with Gasteiger partial charge in [-0.2, -0.15) is 13.2 Å². The summed E-state index contributed by atoms with van der Waals surface area (Å²) in [6, 6.07) is 3.89. The number of benzene rings is 1. The van der Waals surface area contributed by atoms with Crippen molar-refractivity contribution in [2.45, 2.75) is 32.5 Å². The number of hydrogen-bond donors (Lipinski definition) is 2. The van der Waals surface area contributed by atoms with Gasteiger partial charge in [-0.25, -0.2) is 4.79 Å². The maximum absolute atomic E-state index is 12.3. The van der Waals surface area contributed by atoms with Crippen molar-refractivity contribution >= 4 is 11.7 Å². The third kappa shape index (κ3) is 4.27. The zero-order chi connectivity index (χ0) is 13.8. The lowest BCUT2D eigenvalue weighted by atomic mass is 10.2. The number of amides is 2. The topological polar surface area (TPSA) is 41.1 Å². The Morgan fingerprint density at radius 2 is 1.83 bits per heavy atom. The van der Waals surface area contributed by atoms with Crippen LogP contribution in [0.4, 0.5) is 23.7 Å². The first-order valence-electron chi connectivity index (χ1n) is 5.57. The lowest BCUT2D eigenvalue weighted by molar-refractivity contribution is -0.137. The van der Waals surface area contributed by atoms with E-state index in [4.69, 9.17) is 0 Å². The first-order chi connectivity index (χ1) is 8.32. The van der Waals surface area contributed by atoms with E-state index in [1.54, 1.807) is 0 Å². The normalized spacial score (nSPS) is 12.9. The van der Waals surface area contributed by atoms with E-state index in [9.17, 15) is 18.0 Å². The Hall–Kier alpha value is -1.72. The van der Waals surface area contributed by atoms with E-state index in [1.165, 1.54) is 12.1 Å². The van der Waals surface area contributed by atoms with Crippen molar-refractivity contribution in [2.75, 3.05) is 5.32 Å². The fraction of sp³-hybridized carbons (Fsp3) is 0.417. The molecule has 0 unspecified atom stereocenters. The number of halogens is 3. The largest absolute Gasteiger partial charge is 0.416 e. The average Bonchev–Trinajstić information content (AvgIpc) is 2.28. The molecule has 1 rings (SSSR count). The van der Waals surface area contributed by atoms with Gasteiger partial charge in [0.25, 0.3) is 0 Å². The van der Waals surface area contributed by atoms with Gasteiger partial charge < -0.3 is 10.6 Å². The van der Waals surface area contributed by atoms with E-state index in [0.717, 1.165) is 18.6 Å². The molecule has 0 aromatic heterocycles. The molecule has 0 saturated heterocycles. The lowest BCUT2D eigenvalue weighted by Gasteiger charge is -2.13. The summed E-state index contributed by atoms with van der Waals surface area (Å²) in [5, 5.41) is 5.12. The molecule has 0 saturated carbocycles. The number of hydrogen-bond acceptors (Lipinski definition) is 1. The Bertz CT molecular complexity index is 401. The van der Waals surface area contributed by atoms with Gasteiger partial charge in [0, 0.05) is 11.7 Å². The number of urea groups is 1. The molecule has 2 amide bonds. The summed E-state index contributed by atoms with van der Waals surface area (Å²) < 4.78 is 36.9. The molecule has 0 heterocycles. The Morgan fingerprint density at radius 1 is 1.28 bits per heavy atom. The number of rotatable bonds is 3. The third-order valence-corrected chi connectivity index (χ3v) is 2.46. The van der Waals surface area contributed by atoms with Crippen molar-refractivity contribution < 1.29 is 18.0 Å². The minimum Gasteiger partial charge on any atom is -0.335 e. The molecule has 0 aliphatic heterocycles.